The topological polar surface area (TPSA) is 78.1 Å². The number of H-pyrrole nitrogens is 1. The number of rotatable bonds is 6. The van der Waals surface area contributed by atoms with Crippen LogP contribution < -0.4 is 10.2 Å². The number of nitrogens with zero attached hydrogens (tertiary/aromatic N) is 2. The number of aryl methyl sites for hydroxylation is 1. The van der Waals surface area contributed by atoms with Gasteiger partial charge < -0.3 is 5.32 Å². The van der Waals surface area contributed by atoms with Crippen LogP contribution in [0.2, 0.25) is 0 Å². The first-order valence-corrected chi connectivity index (χ1v) is 11.7. The van der Waals surface area contributed by atoms with E-state index < -0.39 is 6.04 Å². The summed E-state index contributed by atoms with van der Waals surface area (Å²) in [7, 11) is 0. The average molecular weight is 453 g/mol. The highest BCUT2D eigenvalue weighted by atomic mass is 35.5. The summed E-state index contributed by atoms with van der Waals surface area (Å²) in [5.41, 5.74) is 3.13. The van der Waals surface area contributed by atoms with Crippen LogP contribution in [0.3, 0.4) is 0 Å². The Morgan fingerprint density at radius 1 is 1.22 bits per heavy atom. The summed E-state index contributed by atoms with van der Waals surface area (Å²) < 4.78 is 0. The van der Waals surface area contributed by atoms with Crippen LogP contribution in [0, 0.1) is 12.8 Å². The lowest BCUT2D eigenvalue weighted by Gasteiger charge is -2.35. The van der Waals surface area contributed by atoms with Gasteiger partial charge in [0.2, 0.25) is 11.8 Å². The third kappa shape index (κ3) is 4.51. The highest BCUT2D eigenvalue weighted by Gasteiger charge is 2.35. The highest BCUT2D eigenvalue weighted by Crippen LogP contribution is 2.35. The Morgan fingerprint density at radius 3 is 2.78 bits per heavy atom. The largest absolute Gasteiger partial charge is 0.351 e. The Labute approximate surface area is 193 Å². The normalized spacial score (nSPS) is 19.5. The van der Waals surface area contributed by atoms with Crippen molar-refractivity contribution in [3.8, 4) is 0 Å². The zero-order valence-corrected chi connectivity index (χ0v) is 19.2. The maximum Gasteiger partial charge on any atom is 0.248 e. The van der Waals surface area contributed by atoms with Crippen molar-refractivity contribution in [3.63, 3.8) is 0 Å². The number of carbonyl (C=O) groups is 2. The molecule has 1 fully saturated rings. The molecule has 0 aliphatic heterocycles. The maximum atomic E-state index is 13.8. The van der Waals surface area contributed by atoms with Crippen molar-refractivity contribution in [1.29, 1.82) is 0 Å². The molecule has 3 aromatic rings. The minimum atomic E-state index is -0.833. The predicted molar refractivity (Wildman–Crippen MR) is 128 cm³/mol. The number of halogens is 1. The fourth-order valence-electron chi connectivity index (χ4n) is 4.78. The van der Waals surface area contributed by atoms with Gasteiger partial charge in [0.1, 0.15) is 11.9 Å². The monoisotopic (exact) mass is 452 g/mol. The van der Waals surface area contributed by atoms with E-state index in [9.17, 15) is 9.59 Å². The zero-order chi connectivity index (χ0) is 22.7. The lowest BCUT2D eigenvalue weighted by Crippen LogP contribution is -2.48. The van der Waals surface area contributed by atoms with E-state index in [1.165, 1.54) is 11.3 Å². The van der Waals surface area contributed by atoms with Gasteiger partial charge in [-0.05, 0) is 48.9 Å². The minimum Gasteiger partial charge on any atom is -0.351 e. The summed E-state index contributed by atoms with van der Waals surface area (Å²) in [5, 5.41) is 11.1. The van der Waals surface area contributed by atoms with Crippen LogP contribution in [0.1, 0.15) is 49.8 Å². The molecule has 7 heteroatoms. The fraction of sp³-hybridized carbons (Fsp3) is 0.400. The Morgan fingerprint density at radius 2 is 2.03 bits per heavy atom. The Hall–Kier alpha value is -2.86. The van der Waals surface area contributed by atoms with Crippen molar-refractivity contribution in [2.24, 2.45) is 5.92 Å². The molecular formula is C25H29ClN4O2. The van der Waals surface area contributed by atoms with Crippen molar-refractivity contribution >= 4 is 40.0 Å². The first kappa shape index (κ1) is 22.3. The number of alkyl halides is 1. The van der Waals surface area contributed by atoms with Crippen LogP contribution >= 0.6 is 11.6 Å². The second-order valence-electron chi connectivity index (χ2n) is 8.74. The van der Waals surface area contributed by atoms with Gasteiger partial charge in [0.05, 0.1) is 17.4 Å². The number of hydrogen-bond acceptors (Lipinski definition) is 3. The van der Waals surface area contributed by atoms with Gasteiger partial charge in [-0.3, -0.25) is 19.6 Å². The van der Waals surface area contributed by atoms with Crippen LogP contribution in [0.4, 0.5) is 5.69 Å². The Kier molecular flexibility index (Phi) is 6.80. The number of nitrogens with one attached hydrogen (secondary N) is 2. The lowest BCUT2D eigenvalue weighted by molar-refractivity contribution is -0.126. The molecule has 0 bridgehead atoms. The van der Waals surface area contributed by atoms with Gasteiger partial charge in [0.25, 0.3) is 0 Å². The minimum absolute atomic E-state index is 0.107. The summed E-state index contributed by atoms with van der Waals surface area (Å²) in [4.78, 5) is 28.6. The second-order valence-corrected chi connectivity index (χ2v) is 9.01. The van der Waals surface area contributed by atoms with Gasteiger partial charge in [-0.1, -0.05) is 50.1 Å². The highest BCUT2D eigenvalue weighted by molar-refractivity contribution is 6.30. The summed E-state index contributed by atoms with van der Waals surface area (Å²) in [6.07, 6.45) is 5.87. The van der Waals surface area contributed by atoms with Crippen LogP contribution in [-0.4, -0.2) is 33.9 Å². The number of aromatic nitrogens is 2. The van der Waals surface area contributed by atoms with E-state index in [-0.39, 0.29) is 23.7 Å². The van der Waals surface area contributed by atoms with Crippen molar-refractivity contribution in [3.05, 3.63) is 59.8 Å². The molecule has 3 unspecified atom stereocenters. The molecule has 0 saturated heterocycles. The third-order valence-electron chi connectivity index (χ3n) is 6.38. The molecule has 32 heavy (non-hydrogen) atoms. The van der Waals surface area contributed by atoms with Crippen molar-refractivity contribution in [2.45, 2.75) is 51.6 Å². The van der Waals surface area contributed by atoms with Crippen LogP contribution in [-0.2, 0) is 9.59 Å². The van der Waals surface area contributed by atoms with Gasteiger partial charge in [0.15, 0.2) is 0 Å². The van der Waals surface area contributed by atoms with Crippen LogP contribution in [0.15, 0.2) is 48.7 Å². The van der Waals surface area contributed by atoms with Gasteiger partial charge in [-0.15, -0.1) is 11.6 Å². The van der Waals surface area contributed by atoms with Gasteiger partial charge in [-0.2, -0.15) is 5.10 Å². The standard InChI is InChI=1S/C25H29ClN4O2/c1-16-7-5-9-18(13-16)28-25(32)24(19-10-4-3-8-17(19)2)30(23(31)14-26)22-12-6-11-21-20(22)15-27-29-21/h3-4,6,8,10-12,15-16,18,24H,5,7,9,13-14H2,1-2H3,(H,27,29)(H,28,32). The lowest BCUT2D eigenvalue weighted by atomic mass is 9.86. The van der Waals surface area contributed by atoms with Crippen LogP contribution in [0.5, 0.6) is 0 Å². The Balaban J connectivity index is 1.81. The number of fused-ring (bicyclic) bond motifs is 1. The van der Waals surface area contributed by atoms with Crippen LogP contribution in [0.25, 0.3) is 10.9 Å². The van der Waals surface area contributed by atoms with E-state index in [1.807, 2.05) is 49.4 Å². The smallest absolute Gasteiger partial charge is 0.248 e. The second kappa shape index (κ2) is 9.74. The first-order valence-electron chi connectivity index (χ1n) is 11.2. The van der Waals surface area contributed by atoms with Gasteiger partial charge in [-0.25, -0.2) is 0 Å². The average Bonchev–Trinajstić information content (AvgIpc) is 3.27. The third-order valence-corrected chi connectivity index (χ3v) is 6.61. The number of anilines is 1. The van der Waals surface area contributed by atoms with Crippen molar-refractivity contribution < 1.29 is 9.59 Å². The van der Waals surface area contributed by atoms with E-state index >= 15 is 0 Å². The predicted octanol–water partition coefficient (Wildman–Crippen LogP) is 4.88. The maximum absolute atomic E-state index is 13.8. The number of aromatic amines is 1. The van der Waals surface area contributed by atoms with E-state index in [0.29, 0.717) is 11.6 Å². The molecule has 6 nitrogen and oxygen atoms in total. The number of carbonyl (C=O) groups excluding carboxylic acids is 2. The summed E-state index contributed by atoms with van der Waals surface area (Å²) in [5.74, 6) is -0.172. The number of amides is 2. The molecule has 1 heterocycles. The molecule has 2 aromatic carbocycles. The fourth-order valence-corrected chi connectivity index (χ4v) is 4.91. The molecule has 2 N–H and O–H groups in total. The molecule has 1 aliphatic carbocycles. The molecule has 0 radical (unpaired) electrons. The van der Waals surface area contributed by atoms with Gasteiger partial charge >= 0.3 is 0 Å². The SMILES string of the molecule is Cc1ccccc1C(C(=O)NC1CCCC(C)C1)N(C(=O)CCl)c1cccc2[nH]ncc12. The molecule has 2 amide bonds. The molecule has 1 saturated carbocycles. The molecule has 1 aromatic heterocycles. The quantitative estimate of drug-likeness (QED) is 0.523. The zero-order valence-electron chi connectivity index (χ0n) is 18.5. The molecule has 168 valence electrons. The summed E-state index contributed by atoms with van der Waals surface area (Å²) in [6, 6.07) is 12.5. The number of benzene rings is 2. The molecule has 0 spiro atoms. The number of hydrogen-bond donors (Lipinski definition) is 2. The van der Waals surface area contributed by atoms with E-state index in [2.05, 4.69) is 22.4 Å². The van der Waals surface area contributed by atoms with E-state index in [1.54, 1.807) is 6.20 Å². The molecule has 1 aliphatic rings. The van der Waals surface area contributed by atoms with Crippen molar-refractivity contribution in [1.82, 2.24) is 15.5 Å². The molecule has 4 rings (SSSR count). The summed E-state index contributed by atoms with van der Waals surface area (Å²) in [6.45, 7) is 4.18. The van der Waals surface area contributed by atoms with Crippen molar-refractivity contribution in [2.75, 3.05) is 10.8 Å². The summed E-state index contributed by atoms with van der Waals surface area (Å²) >= 11 is 6.06. The van der Waals surface area contributed by atoms with Gasteiger partial charge in [0, 0.05) is 11.4 Å². The molecule has 3 atom stereocenters. The molecular weight excluding hydrogens is 424 g/mol. The first-order chi connectivity index (χ1) is 15.5. The van der Waals surface area contributed by atoms with E-state index in [0.717, 1.165) is 41.3 Å². The van der Waals surface area contributed by atoms with E-state index in [4.69, 9.17) is 11.6 Å². The Bertz CT molecular complexity index is 1110.